The summed E-state index contributed by atoms with van der Waals surface area (Å²) in [7, 11) is 0. The summed E-state index contributed by atoms with van der Waals surface area (Å²) in [4.78, 5) is 35.6. The van der Waals surface area contributed by atoms with Crippen molar-refractivity contribution in [3.8, 4) is 0 Å². The summed E-state index contributed by atoms with van der Waals surface area (Å²) in [6.07, 6.45) is -8.19. The zero-order chi connectivity index (χ0) is 24.9. The van der Waals surface area contributed by atoms with Crippen molar-refractivity contribution in [1.82, 2.24) is 20.9 Å². The second kappa shape index (κ2) is 11.6. The van der Waals surface area contributed by atoms with Gasteiger partial charge in [-0.05, 0) is 0 Å². The molecule has 0 saturated carbocycles. The van der Waals surface area contributed by atoms with Crippen LogP contribution in [0.25, 0.3) is 0 Å². The van der Waals surface area contributed by atoms with Gasteiger partial charge in [0.1, 0.15) is 42.6 Å². The summed E-state index contributed by atoms with van der Waals surface area (Å²) >= 11 is 0. The molecule has 0 aromatic carbocycles. The first kappa shape index (κ1) is 26.8. The molecule has 0 spiro atoms. The van der Waals surface area contributed by atoms with Crippen molar-refractivity contribution >= 4 is 24.1 Å². The van der Waals surface area contributed by atoms with E-state index in [-0.39, 0.29) is 12.5 Å². The standard InChI is InChI=1S/C17H29N6O10/c18-9(15(32)22-6(4-25)14(31)20-1-2-24)10(27)7-3-21-17(19)23(7)16-13(30)12(29)11(28)8(5-26)33-16/h6-13,16,25-30H,1,3-5,18H2,(H2,19,21)(H,20,31)(H,22,32). The van der Waals surface area contributed by atoms with Gasteiger partial charge in [0.2, 0.25) is 18.1 Å². The fourth-order valence-corrected chi connectivity index (χ4v) is 3.57. The van der Waals surface area contributed by atoms with Gasteiger partial charge in [-0.15, -0.1) is 0 Å². The fraction of sp³-hybridized carbons (Fsp3) is 0.765. The van der Waals surface area contributed by atoms with Gasteiger partial charge in [-0.2, -0.15) is 0 Å². The van der Waals surface area contributed by atoms with Crippen molar-refractivity contribution < 1.29 is 49.8 Å². The molecular formula is C17H29N6O10. The minimum Gasteiger partial charge on any atom is -0.394 e. The predicted octanol–water partition coefficient (Wildman–Crippen LogP) is -7.61. The Balaban J connectivity index is 2.14. The normalized spacial score (nSPS) is 32.5. The Morgan fingerprint density at radius 1 is 1.24 bits per heavy atom. The molecule has 2 aliphatic heterocycles. The van der Waals surface area contributed by atoms with Gasteiger partial charge in [0, 0.05) is 6.54 Å². The number of aliphatic hydroxyl groups is 6. The van der Waals surface area contributed by atoms with Crippen LogP contribution in [0.1, 0.15) is 0 Å². The molecule has 16 heteroatoms. The van der Waals surface area contributed by atoms with E-state index in [2.05, 4.69) is 16.0 Å². The van der Waals surface area contributed by atoms with Crippen LogP contribution in [0.4, 0.5) is 0 Å². The van der Waals surface area contributed by atoms with Crippen LogP contribution in [-0.2, 0) is 19.1 Å². The lowest BCUT2D eigenvalue weighted by Gasteiger charge is -2.46. The van der Waals surface area contributed by atoms with Crippen LogP contribution < -0.4 is 21.7 Å². The Bertz CT molecular complexity index is 726. The Morgan fingerprint density at radius 2 is 1.91 bits per heavy atom. The van der Waals surface area contributed by atoms with Gasteiger partial charge >= 0.3 is 0 Å². The molecule has 2 fully saturated rings. The van der Waals surface area contributed by atoms with E-state index >= 15 is 0 Å². The quantitative estimate of drug-likeness (QED) is 0.140. The molecule has 2 saturated heterocycles. The number of hydrogen-bond acceptors (Lipinski definition) is 12. The molecule has 16 nitrogen and oxygen atoms in total. The van der Waals surface area contributed by atoms with E-state index in [1.807, 2.05) is 0 Å². The lowest BCUT2D eigenvalue weighted by atomic mass is 9.96. The summed E-state index contributed by atoms with van der Waals surface area (Å²) in [5, 5.41) is 74.6. The highest BCUT2D eigenvalue weighted by Gasteiger charge is 2.51. The molecule has 0 aromatic rings. The van der Waals surface area contributed by atoms with Crippen LogP contribution in [0.15, 0.2) is 0 Å². The number of carbonyl (C=O) groups is 2. The number of nitrogens with two attached hydrogens (primary N) is 1. The predicted molar refractivity (Wildman–Crippen MR) is 107 cm³/mol. The van der Waals surface area contributed by atoms with Gasteiger partial charge < -0.3 is 62.0 Å². The second-order valence-corrected chi connectivity index (χ2v) is 7.55. The van der Waals surface area contributed by atoms with Crippen molar-refractivity contribution in [3.63, 3.8) is 0 Å². The van der Waals surface area contributed by atoms with Gasteiger partial charge in [0.05, 0.1) is 25.8 Å². The topological polar surface area (TPSA) is 271 Å². The number of hydrogen-bond donors (Lipinski definition) is 11. The molecule has 2 amide bonds. The van der Waals surface area contributed by atoms with Gasteiger partial charge in [-0.25, -0.2) is 0 Å². The zero-order valence-electron chi connectivity index (χ0n) is 17.4. The summed E-state index contributed by atoms with van der Waals surface area (Å²) in [6.45, 7) is -2.14. The van der Waals surface area contributed by atoms with Crippen LogP contribution in [0.5, 0.6) is 0 Å². The minimum atomic E-state index is -1.75. The highest BCUT2D eigenvalue weighted by Crippen LogP contribution is 2.27. The molecule has 12 N–H and O–H groups in total. The molecule has 33 heavy (non-hydrogen) atoms. The molecular weight excluding hydrogens is 448 g/mol. The van der Waals surface area contributed by atoms with Crippen LogP contribution in [0.2, 0.25) is 0 Å². The summed E-state index contributed by atoms with van der Waals surface area (Å²) in [5.74, 6) is -2.28. The molecule has 9 unspecified atom stereocenters. The van der Waals surface area contributed by atoms with E-state index in [0.717, 1.165) is 4.90 Å². The van der Waals surface area contributed by atoms with Gasteiger partial charge in [0.25, 0.3) is 0 Å². The monoisotopic (exact) mass is 477 g/mol. The van der Waals surface area contributed by atoms with Gasteiger partial charge in [0.15, 0.2) is 12.2 Å². The first-order valence-electron chi connectivity index (χ1n) is 9.97. The SMILES string of the molecule is N=C1NCC(C(O)C(N)C(=O)NC(CO)C(=O)NC[C]=O)N1C1OC(CO)C(O)C(O)C1O. The van der Waals surface area contributed by atoms with Gasteiger partial charge in [-0.1, -0.05) is 0 Å². The first-order chi connectivity index (χ1) is 15.6. The maximum absolute atomic E-state index is 12.5. The van der Waals surface area contributed by atoms with E-state index in [9.17, 15) is 45.0 Å². The third-order valence-electron chi connectivity index (χ3n) is 5.45. The average Bonchev–Trinajstić information content (AvgIpc) is 3.19. The molecule has 1 radical (unpaired) electrons. The van der Waals surface area contributed by atoms with Crippen molar-refractivity contribution in [2.45, 2.75) is 54.9 Å². The summed E-state index contributed by atoms with van der Waals surface area (Å²) in [6, 6.07) is -4.30. The van der Waals surface area contributed by atoms with Crippen LogP contribution in [0.3, 0.4) is 0 Å². The zero-order valence-corrected chi connectivity index (χ0v) is 17.4. The van der Waals surface area contributed by atoms with E-state index in [1.54, 1.807) is 0 Å². The number of carbonyl (C=O) groups excluding carboxylic acids is 3. The average molecular weight is 477 g/mol. The molecule has 0 aromatic heterocycles. The highest BCUT2D eigenvalue weighted by atomic mass is 16.6. The first-order valence-corrected chi connectivity index (χ1v) is 9.97. The van der Waals surface area contributed by atoms with E-state index < -0.39 is 86.4 Å². The number of nitrogens with zero attached hydrogens (tertiary/aromatic N) is 1. The van der Waals surface area contributed by atoms with Crippen molar-refractivity contribution in [2.24, 2.45) is 5.73 Å². The lowest BCUT2D eigenvalue weighted by Crippen LogP contribution is -2.67. The Morgan fingerprint density at radius 3 is 2.48 bits per heavy atom. The molecule has 2 rings (SSSR count). The minimum absolute atomic E-state index is 0.130. The van der Waals surface area contributed by atoms with Crippen LogP contribution in [-0.4, -0.2) is 141 Å². The number of aliphatic hydroxyl groups excluding tert-OH is 6. The smallest absolute Gasteiger partial charge is 0.245 e. The number of ether oxygens (including phenoxy) is 1. The Labute approximate surface area is 187 Å². The fourth-order valence-electron chi connectivity index (χ4n) is 3.57. The highest BCUT2D eigenvalue weighted by molar-refractivity contribution is 5.91. The third kappa shape index (κ3) is 5.74. The summed E-state index contributed by atoms with van der Waals surface area (Å²) in [5.41, 5.74) is 5.82. The van der Waals surface area contributed by atoms with Crippen molar-refractivity contribution in [2.75, 3.05) is 26.3 Å². The van der Waals surface area contributed by atoms with Gasteiger partial charge in [-0.3, -0.25) is 19.8 Å². The molecule has 187 valence electrons. The molecule has 0 aliphatic carbocycles. The Kier molecular flexibility index (Phi) is 9.44. The number of nitrogens with one attached hydrogen (secondary N) is 4. The number of rotatable bonds is 10. The number of amides is 2. The third-order valence-corrected chi connectivity index (χ3v) is 5.45. The largest absolute Gasteiger partial charge is 0.394 e. The molecule has 0 bridgehead atoms. The van der Waals surface area contributed by atoms with E-state index in [0.29, 0.717) is 0 Å². The lowest BCUT2D eigenvalue weighted by molar-refractivity contribution is -0.260. The maximum atomic E-state index is 12.5. The molecule has 2 heterocycles. The van der Waals surface area contributed by atoms with Crippen molar-refractivity contribution in [1.29, 1.82) is 5.41 Å². The number of guanidine groups is 1. The molecule has 2 aliphatic rings. The summed E-state index contributed by atoms with van der Waals surface area (Å²) < 4.78 is 5.42. The van der Waals surface area contributed by atoms with E-state index in [1.165, 1.54) is 6.29 Å². The second-order valence-electron chi connectivity index (χ2n) is 7.55. The maximum Gasteiger partial charge on any atom is 0.245 e. The Hall–Kier alpha value is -2.44. The van der Waals surface area contributed by atoms with E-state index in [4.69, 9.17) is 15.9 Å². The van der Waals surface area contributed by atoms with Crippen molar-refractivity contribution in [3.05, 3.63) is 0 Å². The molecule has 9 atom stereocenters. The van der Waals surface area contributed by atoms with Crippen LogP contribution in [0, 0.1) is 5.41 Å². The van der Waals surface area contributed by atoms with Crippen LogP contribution >= 0.6 is 0 Å².